The smallest absolute Gasteiger partial charge is 0.310 e. The third-order valence-corrected chi connectivity index (χ3v) is 10.9. The van der Waals surface area contributed by atoms with Crippen LogP contribution in [0.2, 0.25) is 0 Å². The quantitative estimate of drug-likeness (QED) is 0.407. The minimum Gasteiger partial charge on any atom is -0.502 e. The van der Waals surface area contributed by atoms with E-state index in [1.54, 1.807) is 31.2 Å². The molecule has 11 atom stereocenters. The van der Waals surface area contributed by atoms with Gasteiger partial charge in [-0.1, -0.05) is 0 Å². The number of rotatable bonds is 5. The SMILES string of the molecule is COc1cc([C@H]2c3cc4c(cc3[C@H](S(=O)[C@@H]3O[C@@H]5COC(C)O[C@H]5[C@H](O)[C@H]3O)[C@H]3COC(=O)[C@H]23)OCO4)cc(OC)c1O. The summed E-state index contributed by atoms with van der Waals surface area (Å²) in [7, 11) is 0.823. The fourth-order valence-corrected chi connectivity index (χ4v) is 8.96. The van der Waals surface area contributed by atoms with Crippen LogP contribution < -0.4 is 18.9 Å². The van der Waals surface area contributed by atoms with E-state index in [1.165, 1.54) is 14.2 Å². The average molecular weight is 621 g/mol. The molecule has 0 bridgehead atoms. The van der Waals surface area contributed by atoms with Crippen LogP contribution >= 0.6 is 0 Å². The zero-order valence-corrected chi connectivity index (χ0v) is 24.4. The summed E-state index contributed by atoms with van der Waals surface area (Å²) in [5.41, 5.74) is 0.499. The minimum atomic E-state index is -2.00. The van der Waals surface area contributed by atoms with Gasteiger partial charge in [-0.2, -0.15) is 0 Å². The van der Waals surface area contributed by atoms with Gasteiger partial charge in [-0.25, -0.2) is 0 Å². The second-order valence-corrected chi connectivity index (χ2v) is 12.8. The second kappa shape index (κ2) is 10.8. The van der Waals surface area contributed by atoms with Crippen LogP contribution in [-0.4, -0.2) is 95.9 Å². The molecule has 1 aliphatic carbocycles. The van der Waals surface area contributed by atoms with Crippen LogP contribution in [0.15, 0.2) is 24.3 Å². The number of phenols is 1. The molecule has 2 aromatic rings. The number of methoxy groups -OCH3 is 2. The Morgan fingerprint density at radius 3 is 2.26 bits per heavy atom. The summed E-state index contributed by atoms with van der Waals surface area (Å²) in [5.74, 6) is -1.52. The predicted octanol–water partition coefficient (Wildman–Crippen LogP) is 1.07. The number of phenolic OH excluding ortho intramolecular Hbond substituents is 1. The molecule has 0 saturated carbocycles. The van der Waals surface area contributed by atoms with Gasteiger partial charge in [-0.05, 0) is 47.9 Å². The highest BCUT2D eigenvalue weighted by molar-refractivity contribution is 7.85. The van der Waals surface area contributed by atoms with Gasteiger partial charge in [-0.15, -0.1) is 0 Å². The first-order valence-electron chi connectivity index (χ1n) is 13.9. The van der Waals surface area contributed by atoms with Crippen LogP contribution in [0.3, 0.4) is 0 Å². The topological polar surface area (TPSA) is 169 Å². The highest BCUT2D eigenvalue weighted by Crippen LogP contribution is 2.57. The molecule has 0 radical (unpaired) electrons. The first-order valence-corrected chi connectivity index (χ1v) is 15.2. The molecule has 14 heteroatoms. The maximum absolute atomic E-state index is 14.6. The van der Waals surface area contributed by atoms with E-state index in [9.17, 15) is 24.3 Å². The maximum Gasteiger partial charge on any atom is 0.310 e. The van der Waals surface area contributed by atoms with Crippen LogP contribution in [0.4, 0.5) is 0 Å². The van der Waals surface area contributed by atoms with Crippen molar-refractivity contribution in [2.24, 2.45) is 11.8 Å². The molecule has 4 heterocycles. The van der Waals surface area contributed by atoms with Crippen LogP contribution in [0, 0.1) is 11.8 Å². The molecule has 13 nitrogen and oxygen atoms in total. The van der Waals surface area contributed by atoms with Crippen molar-refractivity contribution in [1.29, 1.82) is 0 Å². The van der Waals surface area contributed by atoms with Gasteiger partial charge in [-0.3, -0.25) is 9.00 Å². The predicted molar refractivity (Wildman–Crippen MR) is 145 cm³/mol. The van der Waals surface area contributed by atoms with E-state index >= 15 is 0 Å². The van der Waals surface area contributed by atoms with Crippen molar-refractivity contribution in [2.75, 3.05) is 34.2 Å². The van der Waals surface area contributed by atoms with Crippen molar-refractivity contribution in [3.8, 4) is 28.7 Å². The van der Waals surface area contributed by atoms with Crippen molar-refractivity contribution in [3.05, 3.63) is 41.0 Å². The highest BCUT2D eigenvalue weighted by Gasteiger charge is 2.58. The fraction of sp³-hybridized carbons (Fsp3) is 0.552. The number of benzene rings is 2. The highest BCUT2D eigenvalue weighted by atomic mass is 32.2. The Kier molecular flexibility index (Phi) is 7.18. The number of fused-ring (bicyclic) bond motifs is 4. The zero-order chi connectivity index (χ0) is 30.2. The van der Waals surface area contributed by atoms with E-state index < -0.39 is 75.9 Å². The molecule has 2 unspecified atom stereocenters. The molecular formula is C29H32O13S. The molecule has 3 N–H and O–H groups in total. The summed E-state index contributed by atoms with van der Waals surface area (Å²) in [4.78, 5) is 13.4. The summed E-state index contributed by atoms with van der Waals surface area (Å²) in [6.07, 6.45) is -5.12. The number of aromatic hydroxyl groups is 1. The summed E-state index contributed by atoms with van der Waals surface area (Å²) in [6.45, 7) is 1.72. The lowest BCUT2D eigenvalue weighted by molar-refractivity contribution is -0.310. The Balaban J connectivity index is 1.35. The molecule has 3 fully saturated rings. The Bertz CT molecular complexity index is 1440. The number of aliphatic hydroxyl groups excluding tert-OH is 2. The molecule has 43 heavy (non-hydrogen) atoms. The standard InChI is InChI=1S/C29H32O13S/c1-11-37-9-20-26(41-11)24(31)25(32)29(42-20)43(34)27-14-7-17-16(39-10-40-17)6-13(14)21(22-15(27)8-38-28(22)33)12-4-18(35-2)23(30)19(5-12)36-3/h4-7,11,15,20-22,24-27,29-32H,8-10H2,1-3H3/t11?,15-,20+,21-,22-,24+,25+,26+,27-,29-,43?/m0/s1. The van der Waals surface area contributed by atoms with E-state index in [2.05, 4.69) is 0 Å². The maximum atomic E-state index is 14.6. The monoisotopic (exact) mass is 620 g/mol. The Labute approximate surface area is 248 Å². The first kappa shape index (κ1) is 28.6. The first-order chi connectivity index (χ1) is 20.7. The molecule has 5 aliphatic rings. The molecule has 0 amide bonds. The number of hydrogen-bond acceptors (Lipinski definition) is 13. The van der Waals surface area contributed by atoms with E-state index in [0.29, 0.717) is 28.2 Å². The van der Waals surface area contributed by atoms with Gasteiger partial charge in [0.05, 0.1) is 49.4 Å². The van der Waals surface area contributed by atoms with Gasteiger partial charge in [0, 0.05) is 11.8 Å². The summed E-state index contributed by atoms with van der Waals surface area (Å²) >= 11 is 0. The van der Waals surface area contributed by atoms with Gasteiger partial charge in [0.1, 0.15) is 24.4 Å². The summed E-state index contributed by atoms with van der Waals surface area (Å²) in [6, 6.07) is 6.76. The number of aliphatic hydroxyl groups is 2. The zero-order valence-electron chi connectivity index (χ0n) is 23.5. The number of esters is 1. The number of ether oxygens (including phenoxy) is 8. The number of hydrogen-bond donors (Lipinski definition) is 3. The summed E-state index contributed by atoms with van der Waals surface area (Å²) < 4.78 is 59.6. The average Bonchev–Trinajstić information content (AvgIpc) is 3.63. The number of cyclic esters (lactones) is 1. The lowest BCUT2D eigenvalue weighted by Gasteiger charge is -2.47. The van der Waals surface area contributed by atoms with Crippen molar-refractivity contribution in [2.45, 2.75) is 54.2 Å². The molecule has 0 aromatic heterocycles. The number of carbonyl (C=O) groups excluding carboxylic acids is 1. The van der Waals surface area contributed by atoms with Crippen LogP contribution in [0.25, 0.3) is 0 Å². The molecule has 0 spiro atoms. The van der Waals surface area contributed by atoms with Gasteiger partial charge in [0.15, 0.2) is 34.7 Å². The van der Waals surface area contributed by atoms with E-state index in [0.717, 1.165) is 0 Å². The fourth-order valence-electron chi connectivity index (χ4n) is 6.94. The molecule has 4 aliphatic heterocycles. The van der Waals surface area contributed by atoms with Gasteiger partial charge >= 0.3 is 5.97 Å². The van der Waals surface area contributed by atoms with Gasteiger partial charge in [0.25, 0.3) is 0 Å². The normalized spacial score (nSPS) is 36.6. The lowest BCUT2D eigenvalue weighted by Crippen LogP contribution is -2.63. The third kappa shape index (κ3) is 4.46. The van der Waals surface area contributed by atoms with E-state index in [1.807, 2.05) is 0 Å². The van der Waals surface area contributed by atoms with Crippen LogP contribution in [0.5, 0.6) is 28.7 Å². The van der Waals surface area contributed by atoms with Crippen molar-refractivity contribution >= 4 is 16.8 Å². The van der Waals surface area contributed by atoms with Crippen LogP contribution in [-0.2, 0) is 34.5 Å². The lowest BCUT2D eigenvalue weighted by atomic mass is 9.67. The molecule has 3 saturated heterocycles. The minimum absolute atomic E-state index is 0.00939. The van der Waals surface area contributed by atoms with Crippen molar-refractivity contribution in [1.82, 2.24) is 0 Å². The Morgan fingerprint density at radius 2 is 1.58 bits per heavy atom. The van der Waals surface area contributed by atoms with Crippen molar-refractivity contribution < 1.29 is 62.2 Å². The Hall–Kier alpha value is -3.14. The van der Waals surface area contributed by atoms with Gasteiger partial charge in [0.2, 0.25) is 12.5 Å². The summed E-state index contributed by atoms with van der Waals surface area (Å²) in [5, 5.41) is 31.8. The second-order valence-electron chi connectivity index (χ2n) is 11.2. The van der Waals surface area contributed by atoms with Gasteiger partial charge < -0.3 is 53.2 Å². The molecular weight excluding hydrogens is 588 g/mol. The van der Waals surface area contributed by atoms with Crippen molar-refractivity contribution in [3.63, 3.8) is 0 Å². The largest absolute Gasteiger partial charge is 0.502 e. The van der Waals surface area contributed by atoms with Crippen LogP contribution in [0.1, 0.15) is 34.8 Å². The number of carbonyl (C=O) groups is 1. The molecule has 232 valence electrons. The van der Waals surface area contributed by atoms with E-state index in [4.69, 9.17) is 37.9 Å². The van der Waals surface area contributed by atoms with E-state index in [-0.39, 0.29) is 37.3 Å². The Morgan fingerprint density at radius 1 is 0.907 bits per heavy atom. The molecule has 2 aromatic carbocycles. The molecule has 7 rings (SSSR count). The third-order valence-electron chi connectivity index (χ3n) is 8.94.